The molecule has 0 aliphatic carbocycles. The van der Waals surface area contributed by atoms with Crippen LogP contribution in [0.3, 0.4) is 0 Å². The highest BCUT2D eigenvalue weighted by Gasteiger charge is 2.17. The average Bonchev–Trinajstić information content (AvgIpc) is 2.73. The second-order valence-electron chi connectivity index (χ2n) is 8.89. The van der Waals surface area contributed by atoms with Crippen molar-refractivity contribution in [2.45, 2.75) is 148 Å². The maximum atomic E-state index is 12.1. The van der Waals surface area contributed by atoms with Gasteiger partial charge in [0.2, 0.25) is 0 Å². The van der Waals surface area contributed by atoms with E-state index in [4.69, 9.17) is 9.84 Å². The fraction of sp³-hybridized carbons (Fsp3) is 0.852. The van der Waals surface area contributed by atoms with Crippen molar-refractivity contribution in [3.63, 3.8) is 0 Å². The van der Waals surface area contributed by atoms with Gasteiger partial charge in [0.05, 0.1) is 6.42 Å². The molecule has 0 aliphatic heterocycles. The van der Waals surface area contributed by atoms with Gasteiger partial charge in [0, 0.05) is 6.42 Å². The molecule has 0 saturated heterocycles. The molecule has 31 heavy (non-hydrogen) atoms. The van der Waals surface area contributed by atoms with Crippen LogP contribution < -0.4 is 0 Å². The van der Waals surface area contributed by atoms with Crippen molar-refractivity contribution in [3.05, 3.63) is 12.2 Å². The van der Waals surface area contributed by atoms with Crippen molar-refractivity contribution in [3.8, 4) is 0 Å². The number of rotatable bonds is 23. The first-order chi connectivity index (χ1) is 15.1. The summed E-state index contributed by atoms with van der Waals surface area (Å²) in [6.07, 6.45) is 25.1. The summed E-state index contributed by atoms with van der Waals surface area (Å²) in [4.78, 5) is 23.2. The third kappa shape index (κ3) is 23.2. The van der Waals surface area contributed by atoms with Gasteiger partial charge >= 0.3 is 11.9 Å². The standard InChI is InChI=1S/C27H50O4/c1-3-5-7-9-11-12-13-14-15-17-19-21-23-27(30)31-25(24-26(28)29)22-20-18-16-10-8-6-4-2/h11-12,25H,3-10,13-24H2,1-2H3,(H,28,29)/b12-11-. The van der Waals surface area contributed by atoms with Crippen molar-refractivity contribution in [2.75, 3.05) is 0 Å². The molecule has 0 rings (SSSR count). The van der Waals surface area contributed by atoms with E-state index in [1.165, 1.54) is 70.6 Å². The first-order valence-electron chi connectivity index (χ1n) is 13.2. The number of aliphatic carboxylic acids is 1. The molecule has 4 nitrogen and oxygen atoms in total. The van der Waals surface area contributed by atoms with Gasteiger partial charge in [-0.3, -0.25) is 9.59 Å². The van der Waals surface area contributed by atoms with Gasteiger partial charge in [-0.1, -0.05) is 96.6 Å². The van der Waals surface area contributed by atoms with E-state index in [0.717, 1.165) is 38.5 Å². The van der Waals surface area contributed by atoms with Crippen LogP contribution in [0.2, 0.25) is 0 Å². The summed E-state index contributed by atoms with van der Waals surface area (Å²) in [6.45, 7) is 4.44. The van der Waals surface area contributed by atoms with Crippen LogP contribution in [0.4, 0.5) is 0 Å². The van der Waals surface area contributed by atoms with Crippen LogP contribution in [0.25, 0.3) is 0 Å². The van der Waals surface area contributed by atoms with Gasteiger partial charge in [0.1, 0.15) is 6.10 Å². The molecule has 0 spiro atoms. The third-order valence-corrected chi connectivity index (χ3v) is 5.72. The van der Waals surface area contributed by atoms with E-state index in [1.54, 1.807) is 0 Å². The molecule has 0 fully saturated rings. The average molecular weight is 439 g/mol. The van der Waals surface area contributed by atoms with Crippen molar-refractivity contribution >= 4 is 11.9 Å². The summed E-state index contributed by atoms with van der Waals surface area (Å²) in [5.74, 6) is -1.12. The van der Waals surface area contributed by atoms with Gasteiger partial charge in [-0.25, -0.2) is 0 Å². The van der Waals surface area contributed by atoms with E-state index in [9.17, 15) is 9.59 Å². The van der Waals surface area contributed by atoms with Gasteiger partial charge in [0.25, 0.3) is 0 Å². The number of allylic oxidation sites excluding steroid dienone is 2. The Morgan fingerprint density at radius 3 is 1.81 bits per heavy atom. The van der Waals surface area contributed by atoms with Crippen LogP contribution in [0.5, 0.6) is 0 Å². The normalized spacial score (nSPS) is 12.3. The van der Waals surface area contributed by atoms with Crippen LogP contribution in [0, 0.1) is 0 Å². The molecule has 1 unspecified atom stereocenters. The van der Waals surface area contributed by atoms with Gasteiger partial charge in [-0.2, -0.15) is 0 Å². The lowest BCUT2D eigenvalue weighted by Gasteiger charge is -2.16. The van der Waals surface area contributed by atoms with Crippen molar-refractivity contribution in [1.82, 2.24) is 0 Å². The number of carbonyl (C=O) groups excluding carboxylic acids is 1. The summed E-state index contributed by atoms with van der Waals surface area (Å²) < 4.78 is 5.48. The molecule has 0 radical (unpaired) electrons. The van der Waals surface area contributed by atoms with Crippen molar-refractivity contribution < 1.29 is 19.4 Å². The Morgan fingerprint density at radius 2 is 1.19 bits per heavy atom. The minimum absolute atomic E-state index is 0.0759. The van der Waals surface area contributed by atoms with Crippen molar-refractivity contribution in [2.24, 2.45) is 0 Å². The molecular weight excluding hydrogens is 388 g/mol. The second kappa shape index (κ2) is 23.3. The minimum Gasteiger partial charge on any atom is -0.481 e. The molecule has 0 aromatic heterocycles. The molecule has 1 N–H and O–H groups in total. The fourth-order valence-electron chi connectivity index (χ4n) is 3.78. The molecule has 0 aliphatic rings. The third-order valence-electron chi connectivity index (χ3n) is 5.72. The molecule has 0 amide bonds. The van der Waals surface area contributed by atoms with E-state index in [0.29, 0.717) is 12.8 Å². The lowest BCUT2D eigenvalue weighted by Crippen LogP contribution is -2.21. The zero-order valence-electron chi connectivity index (χ0n) is 20.5. The Kier molecular flexibility index (Phi) is 22.4. The Labute approximate surface area is 192 Å². The van der Waals surface area contributed by atoms with Crippen molar-refractivity contribution in [1.29, 1.82) is 0 Å². The quantitative estimate of drug-likeness (QED) is 0.0988. The Hall–Kier alpha value is -1.32. The largest absolute Gasteiger partial charge is 0.481 e. The van der Waals surface area contributed by atoms with Gasteiger partial charge in [-0.05, 0) is 44.9 Å². The lowest BCUT2D eigenvalue weighted by molar-refractivity contribution is -0.153. The number of ether oxygens (including phenoxy) is 1. The van der Waals surface area contributed by atoms with Gasteiger partial charge < -0.3 is 9.84 Å². The van der Waals surface area contributed by atoms with Crippen LogP contribution in [0.15, 0.2) is 12.2 Å². The highest BCUT2D eigenvalue weighted by molar-refractivity contribution is 5.71. The molecule has 0 aromatic carbocycles. The van der Waals surface area contributed by atoms with E-state index in [2.05, 4.69) is 26.0 Å². The van der Waals surface area contributed by atoms with Crippen LogP contribution in [-0.2, 0) is 14.3 Å². The number of carbonyl (C=O) groups is 2. The predicted molar refractivity (Wildman–Crippen MR) is 130 cm³/mol. The Bertz CT molecular complexity index is 445. The maximum Gasteiger partial charge on any atom is 0.307 e. The number of unbranched alkanes of at least 4 members (excludes halogenated alkanes) is 14. The molecular formula is C27H50O4. The molecule has 0 saturated carbocycles. The number of hydrogen-bond acceptors (Lipinski definition) is 3. The maximum absolute atomic E-state index is 12.1. The second-order valence-corrected chi connectivity index (χ2v) is 8.89. The first-order valence-corrected chi connectivity index (χ1v) is 13.2. The smallest absolute Gasteiger partial charge is 0.307 e. The van der Waals surface area contributed by atoms with E-state index in [-0.39, 0.29) is 12.4 Å². The van der Waals surface area contributed by atoms with E-state index in [1.807, 2.05) is 0 Å². The van der Waals surface area contributed by atoms with E-state index < -0.39 is 12.1 Å². The highest BCUT2D eigenvalue weighted by Crippen LogP contribution is 2.15. The zero-order valence-corrected chi connectivity index (χ0v) is 20.5. The number of esters is 1. The summed E-state index contributed by atoms with van der Waals surface area (Å²) in [5.41, 5.74) is 0. The van der Waals surface area contributed by atoms with Crippen LogP contribution in [-0.4, -0.2) is 23.1 Å². The number of carboxylic acids is 1. The molecule has 0 aromatic rings. The van der Waals surface area contributed by atoms with Gasteiger partial charge in [-0.15, -0.1) is 0 Å². The number of hydrogen-bond donors (Lipinski definition) is 1. The zero-order chi connectivity index (χ0) is 23.0. The fourth-order valence-corrected chi connectivity index (χ4v) is 3.78. The SMILES string of the molecule is CCCCC/C=C\CCCCCCCC(=O)OC(CCCCCCCCC)CC(=O)O. The highest BCUT2D eigenvalue weighted by atomic mass is 16.5. The molecule has 0 heterocycles. The Morgan fingerprint density at radius 1 is 0.710 bits per heavy atom. The summed E-state index contributed by atoms with van der Waals surface area (Å²) in [5, 5.41) is 9.09. The van der Waals surface area contributed by atoms with Crippen LogP contribution >= 0.6 is 0 Å². The summed E-state index contributed by atoms with van der Waals surface area (Å²) in [6, 6.07) is 0. The molecule has 0 bridgehead atoms. The first kappa shape index (κ1) is 29.7. The van der Waals surface area contributed by atoms with Crippen LogP contribution in [0.1, 0.15) is 142 Å². The Balaban J connectivity index is 3.74. The summed E-state index contributed by atoms with van der Waals surface area (Å²) >= 11 is 0. The number of carboxylic acid groups (broad SMARTS) is 1. The molecule has 182 valence electrons. The monoisotopic (exact) mass is 438 g/mol. The molecule has 1 atom stereocenters. The van der Waals surface area contributed by atoms with E-state index >= 15 is 0 Å². The summed E-state index contributed by atoms with van der Waals surface area (Å²) in [7, 11) is 0. The minimum atomic E-state index is -0.889. The van der Waals surface area contributed by atoms with Gasteiger partial charge in [0.15, 0.2) is 0 Å². The molecule has 4 heteroatoms. The topological polar surface area (TPSA) is 63.6 Å². The lowest BCUT2D eigenvalue weighted by atomic mass is 10.0. The predicted octanol–water partition coefficient (Wildman–Crippen LogP) is 8.38.